The summed E-state index contributed by atoms with van der Waals surface area (Å²) in [5.41, 5.74) is 0.955. The molecule has 0 unspecified atom stereocenters. The van der Waals surface area contributed by atoms with E-state index in [-0.39, 0.29) is 16.4 Å². The van der Waals surface area contributed by atoms with Crippen LogP contribution in [0.3, 0.4) is 0 Å². The van der Waals surface area contributed by atoms with Gasteiger partial charge in [-0.25, -0.2) is 8.42 Å². The van der Waals surface area contributed by atoms with Crippen LogP contribution >= 0.6 is 11.8 Å². The zero-order valence-electron chi connectivity index (χ0n) is 12.0. The van der Waals surface area contributed by atoms with Gasteiger partial charge in [0.05, 0.1) is 6.61 Å². The summed E-state index contributed by atoms with van der Waals surface area (Å²) < 4.78 is 26.9. The lowest BCUT2D eigenvalue weighted by Crippen LogP contribution is -2.34. The molecule has 1 aromatic rings. The van der Waals surface area contributed by atoms with Gasteiger partial charge in [0.25, 0.3) is 10.0 Å². The lowest BCUT2D eigenvalue weighted by Gasteiger charge is -2.22. The van der Waals surface area contributed by atoms with Crippen LogP contribution in [-0.2, 0) is 16.6 Å². The Kier molecular flexibility index (Phi) is 4.48. The second-order valence-corrected chi connectivity index (χ2v) is 9.21. The fourth-order valence-electron chi connectivity index (χ4n) is 2.19. The molecule has 1 aliphatic rings. The smallest absolute Gasteiger partial charge is 0.262 e. The van der Waals surface area contributed by atoms with Gasteiger partial charge in [0.2, 0.25) is 0 Å². The Morgan fingerprint density at radius 2 is 2.15 bits per heavy atom. The van der Waals surface area contributed by atoms with E-state index in [0.29, 0.717) is 24.3 Å². The molecule has 6 nitrogen and oxygen atoms in total. The molecule has 0 saturated carbocycles. The number of H-pyrrole nitrogens is 1. The van der Waals surface area contributed by atoms with Crippen molar-refractivity contribution < 1.29 is 13.5 Å². The number of aromatic nitrogens is 2. The average molecular weight is 319 g/mol. The molecule has 2 heterocycles. The van der Waals surface area contributed by atoms with Gasteiger partial charge in [0.15, 0.2) is 5.03 Å². The SMILES string of the molecule is Cc1[nH]nc(S(=O)(=O)N2CCSC(C)(C)CC2)c1CO. The van der Waals surface area contributed by atoms with Gasteiger partial charge in [0, 0.05) is 34.8 Å². The van der Waals surface area contributed by atoms with Crippen molar-refractivity contribution in [2.45, 2.75) is 43.6 Å². The van der Waals surface area contributed by atoms with Crippen molar-refractivity contribution in [3.63, 3.8) is 0 Å². The minimum absolute atomic E-state index is 0.0396. The predicted molar refractivity (Wildman–Crippen MR) is 79.2 cm³/mol. The molecule has 0 aliphatic carbocycles. The van der Waals surface area contributed by atoms with E-state index in [4.69, 9.17) is 0 Å². The number of aromatic amines is 1. The molecule has 0 atom stereocenters. The Balaban J connectivity index is 2.30. The Bertz CT molecular complexity index is 581. The van der Waals surface area contributed by atoms with Crippen molar-refractivity contribution in [3.05, 3.63) is 11.3 Å². The highest BCUT2D eigenvalue weighted by molar-refractivity contribution is 8.00. The van der Waals surface area contributed by atoms with Crippen LogP contribution in [0.5, 0.6) is 0 Å². The van der Waals surface area contributed by atoms with E-state index < -0.39 is 10.0 Å². The van der Waals surface area contributed by atoms with Crippen LogP contribution < -0.4 is 0 Å². The van der Waals surface area contributed by atoms with E-state index in [1.54, 1.807) is 18.7 Å². The summed E-state index contributed by atoms with van der Waals surface area (Å²) in [5, 5.41) is 15.8. The maximum absolute atomic E-state index is 12.7. The number of hydrogen-bond acceptors (Lipinski definition) is 5. The molecular formula is C12H21N3O3S2. The molecule has 20 heavy (non-hydrogen) atoms. The first-order valence-electron chi connectivity index (χ1n) is 6.57. The van der Waals surface area contributed by atoms with E-state index in [2.05, 4.69) is 24.0 Å². The van der Waals surface area contributed by atoms with Crippen LogP contribution in [0.2, 0.25) is 0 Å². The minimum Gasteiger partial charge on any atom is -0.392 e. The third kappa shape index (κ3) is 3.03. The highest BCUT2D eigenvalue weighted by Gasteiger charge is 2.34. The number of aliphatic hydroxyl groups excluding tert-OH is 1. The maximum atomic E-state index is 12.7. The van der Waals surface area contributed by atoms with Crippen LogP contribution in [0, 0.1) is 6.92 Å². The van der Waals surface area contributed by atoms with Gasteiger partial charge in [-0.3, -0.25) is 5.10 Å². The highest BCUT2D eigenvalue weighted by Crippen LogP contribution is 2.32. The largest absolute Gasteiger partial charge is 0.392 e. The third-order valence-electron chi connectivity index (χ3n) is 3.58. The van der Waals surface area contributed by atoms with Crippen molar-refractivity contribution in [1.29, 1.82) is 0 Å². The van der Waals surface area contributed by atoms with Crippen LogP contribution in [0.1, 0.15) is 31.5 Å². The number of nitrogens with zero attached hydrogens (tertiary/aromatic N) is 2. The fraction of sp³-hybridized carbons (Fsp3) is 0.750. The molecule has 8 heteroatoms. The van der Waals surface area contributed by atoms with Gasteiger partial charge in [-0.1, -0.05) is 13.8 Å². The van der Waals surface area contributed by atoms with Crippen molar-refractivity contribution in [3.8, 4) is 0 Å². The summed E-state index contributed by atoms with van der Waals surface area (Å²) in [7, 11) is -3.64. The zero-order chi connectivity index (χ0) is 15.0. The van der Waals surface area contributed by atoms with Crippen LogP contribution in [0.4, 0.5) is 0 Å². The molecule has 0 bridgehead atoms. The number of nitrogens with one attached hydrogen (secondary N) is 1. The van der Waals surface area contributed by atoms with Crippen molar-refractivity contribution in [1.82, 2.24) is 14.5 Å². The number of rotatable bonds is 3. The summed E-state index contributed by atoms with van der Waals surface area (Å²) in [6, 6.07) is 0. The molecule has 0 amide bonds. The molecule has 0 radical (unpaired) electrons. The van der Waals surface area contributed by atoms with E-state index in [1.807, 2.05) is 0 Å². The Hall–Kier alpha value is -0.570. The number of thioether (sulfide) groups is 1. The highest BCUT2D eigenvalue weighted by atomic mass is 32.2. The molecule has 1 aromatic heterocycles. The lowest BCUT2D eigenvalue weighted by molar-refractivity contribution is 0.277. The van der Waals surface area contributed by atoms with Crippen LogP contribution in [0.15, 0.2) is 5.03 Å². The molecule has 0 aromatic carbocycles. The molecule has 114 valence electrons. The second kappa shape index (κ2) is 5.67. The number of sulfonamides is 1. The summed E-state index contributed by atoms with van der Waals surface area (Å²) in [4.78, 5) is 0. The summed E-state index contributed by atoms with van der Waals surface area (Å²) in [6.07, 6.45) is 0.800. The quantitative estimate of drug-likeness (QED) is 0.872. The third-order valence-corrected chi connectivity index (χ3v) is 6.82. The lowest BCUT2D eigenvalue weighted by atomic mass is 10.1. The molecule has 1 aliphatic heterocycles. The standard InChI is InChI=1S/C12H21N3O3S2/c1-9-10(8-16)11(14-13-9)20(17,18)15-5-4-12(2,3)19-7-6-15/h16H,4-8H2,1-3H3,(H,13,14). The van der Waals surface area contributed by atoms with Crippen LogP contribution in [-0.4, -0.2) is 51.6 Å². The van der Waals surface area contributed by atoms with Gasteiger partial charge >= 0.3 is 0 Å². The van der Waals surface area contributed by atoms with E-state index in [0.717, 1.165) is 12.2 Å². The Labute approximate surface area is 124 Å². The minimum atomic E-state index is -3.64. The first kappa shape index (κ1) is 15.8. The molecule has 2 N–H and O–H groups in total. The van der Waals surface area contributed by atoms with E-state index in [9.17, 15) is 13.5 Å². The first-order chi connectivity index (χ1) is 9.28. The van der Waals surface area contributed by atoms with Crippen LogP contribution in [0.25, 0.3) is 0 Å². The van der Waals surface area contributed by atoms with Crippen molar-refractivity contribution in [2.24, 2.45) is 0 Å². The number of hydrogen-bond donors (Lipinski definition) is 2. The van der Waals surface area contributed by atoms with Gasteiger partial charge < -0.3 is 5.11 Å². The Morgan fingerprint density at radius 1 is 1.45 bits per heavy atom. The molecule has 1 fully saturated rings. The van der Waals surface area contributed by atoms with Crippen molar-refractivity contribution in [2.75, 3.05) is 18.8 Å². The molecule has 0 spiro atoms. The van der Waals surface area contributed by atoms with E-state index in [1.165, 1.54) is 4.31 Å². The Morgan fingerprint density at radius 3 is 2.80 bits per heavy atom. The maximum Gasteiger partial charge on any atom is 0.262 e. The van der Waals surface area contributed by atoms with Gasteiger partial charge in [0.1, 0.15) is 0 Å². The number of aliphatic hydroxyl groups is 1. The molecule has 1 saturated heterocycles. The normalized spacial score (nSPS) is 20.8. The first-order valence-corrected chi connectivity index (χ1v) is 8.99. The predicted octanol–water partition coefficient (Wildman–Crippen LogP) is 1.12. The van der Waals surface area contributed by atoms with Gasteiger partial charge in [-0.05, 0) is 13.3 Å². The molecular weight excluding hydrogens is 298 g/mol. The summed E-state index contributed by atoms with van der Waals surface area (Å²) >= 11 is 1.79. The second-order valence-electron chi connectivity index (χ2n) is 5.55. The van der Waals surface area contributed by atoms with Crippen molar-refractivity contribution >= 4 is 21.8 Å². The number of aryl methyl sites for hydroxylation is 1. The average Bonchev–Trinajstić information content (AvgIpc) is 2.64. The monoisotopic (exact) mass is 319 g/mol. The summed E-state index contributed by atoms with van der Waals surface area (Å²) in [5.74, 6) is 0.768. The van der Waals surface area contributed by atoms with Gasteiger partial charge in [-0.2, -0.15) is 21.2 Å². The van der Waals surface area contributed by atoms with Gasteiger partial charge in [-0.15, -0.1) is 0 Å². The van der Waals surface area contributed by atoms with E-state index >= 15 is 0 Å². The molecule has 2 rings (SSSR count). The topological polar surface area (TPSA) is 86.3 Å². The summed E-state index contributed by atoms with van der Waals surface area (Å²) in [6.45, 7) is 6.60. The fourth-order valence-corrected chi connectivity index (χ4v) is 5.01. The zero-order valence-corrected chi connectivity index (χ0v) is 13.6.